The predicted octanol–water partition coefficient (Wildman–Crippen LogP) is 4.83. The molecule has 0 unspecified atom stereocenters. The van der Waals surface area contributed by atoms with Gasteiger partial charge >= 0.3 is 0 Å². The van der Waals surface area contributed by atoms with E-state index in [0.29, 0.717) is 18.1 Å². The van der Waals surface area contributed by atoms with Crippen molar-refractivity contribution >= 4 is 23.4 Å². The van der Waals surface area contributed by atoms with Gasteiger partial charge in [0.1, 0.15) is 11.8 Å². The summed E-state index contributed by atoms with van der Waals surface area (Å²) in [5, 5.41) is 3.54. The van der Waals surface area contributed by atoms with E-state index in [1.165, 1.54) is 0 Å². The van der Waals surface area contributed by atoms with E-state index in [-0.39, 0.29) is 30.8 Å². The fraction of sp³-hybridized carbons (Fsp3) is 0.417. The summed E-state index contributed by atoms with van der Waals surface area (Å²) in [5.74, 6) is 0.517. The molecule has 2 aromatic rings. The van der Waals surface area contributed by atoms with E-state index in [1.807, 2.05) is 62.4 Å². The zero-order chi connectivity index (χ0) is 21.9. The lowest BCUT2D eigenvalue weighted by atomic mass is 10.1. The number of benzene rings is 2. The van der Waals surface area contributed by atoms with E-state index in [4.69, 9.17) is 16.3 Å². The maximum atomic E-state index is 13.0. The average molecular weight is 431 g/mol. The highest BCUT2D eigenvalue weighted by Crippen LogP contribution is 2.19. The number of halogens is 1. The first-order chi connectivity index (χ1) is 14.4. The molecule has 0 bridgehead atoms. The zero-order valence-electron chi connectivity index (χ0n) is 17.9. The largest absolute Gasteiger partial charge is 0.494 e. The van der Waals surface area contributed by atoms with Crippen LogP contribution in [0.5, 0.6) is 5.75 Å². The molecule has 6 heteroatoms. The third-order valence-electron chi connectivity index (χ3n) is 5.01. The van der Waals surface area contributed by atoms with Crippen molar-refractivity contribution in [2.24, 2.45) is 0 Å². The van der Waals surface area contributed by atoms with Gasteiger partial charge in [-0.15, -0.1) is 0 Å². The standard InChI is InChI=1S/C24H31ClN2O3/c1-4-18(2)26-24(29)19(3)27(17-20-11-8-9-14-22(20)25)23(28)15-10-16-30-21-12-6-5-7-13-21/h5-9,11-14,18-19H,4,10,15-17H2,1-3H3,(H,26,29)/t18-,19+/m1/s1. The van der Waals surface area contributed by atoms with E-state index in [9.17, 15) is 9.59 Å². The number of carbonyl (C=O) groups is 2. The van der Waals surface area contributed by atoms with Crippen LogP contribution in [0.2, 0.25) is 5.02 Å². The smallest absolute Gasteiger partial charge is 0.242 e. The fourth-order valence-corrected chi connectivity index (χ4v) is 3.13. The first-order valence-electron chi connectivity index (χ1n) is 10.4. The summed E-state index contributed by atoms with van der Waals surface area (Å²) in [6.07, 6.45) is 1.68. The van der Waals surface area contributed by atoms with Gasteiger partial charge in [-0.05, 0) is 50.5 Å². The van der Waals surface area contributed by atoms with Crippen molar-refractivity contribution in [2.75, 3.05) is 6.61 Å². The van der Waals surface area contributed by atoms with Gasteiger partial charge in [-0.25, -0.2) is 0 Å². The lowest BCUT2D eigenvalue weighted by molar-refractivity contribution is -0.141. The predicted molar refractivity (Wildman–Crippen MR) is 121 cm³/mol. The number of amides is 2. The van der Waals surface area contributed by atoms with Gasteiger partial charge < -0.3 is 15.0 Å². The van der Waals surface area contributed by atoms with Gasteiger partial charge in [0.05, 0.1) is 6.61 Å². The summed E-state index contributed by atoms with van der Waals surface area (Å²) in [4.78, 5) is 27.3. The van der Waals surface area contributed by atoms with Crippen molar-refractivity contribution in [3.63, 3.8) is 0 Å². The molecule has 2 rings (SSSR count). The molecule has 162 valence electrons. The number of nitrogens with one attached hydrogen (secondary N) is 1. The van der Waals surface area contributed by atoms with Crippen molar-refractivity contribution in [3.8, 4) is 5.75 Å². The third-order valence-corrected chi connectivity index (χ3v) is 5.38. The van der Waals surface area contributed by atoms with Gasteiger partial charge in [0.25, 0.3) is 0 Å². The molecule has 0 aliphatic rings. The summed E-state index contributed by atoms with van der Waals surface area (Å²) in [6.45, 7) is 6.43. The Labute approximate surface area is 184 Å². The number of para-hydroxylation sites is 1. The average Bonchev–Trinajstić information content (AvgIpc) is 2.76. The molecule has 0 aliphatic heterocycles. The Morgan fingerprint density at radius 3 is 2.40 bits per heavy atom. The maximum absolute atomic E-state index is 13.0. The molecule has 0 fully saturated rings. The maximum Gasteiger partial charge on any atom is 0.242 e. The summed E-state index contributed by atoms with van der Waals surface area (Å²) in [7, 11) is 0. The quantitative estimate of drug-likeness (QED) is 0.519. The molecule has 0 saturated carbocycles. The number of rotatable bonds is 11. The molecule has 0 aliphatic carbocycles. The number of hydrogen-bond acceptors (Lipinski definition) is 3. The van der Waals surface area contributed by atoms with Gasteiger partial charge in [-0.2, -0.15) is 0 Å². The Balaban J connectivity index is 2.02. The Morgan fingerprint density at radius 2 is 1.73 bits per heavy atom. The minimum atomic E-state index is -0.599. The van der Waals surface area contributed by atoms with Crippen LogP contribution in [0.25, 0.3) is 0 Å². The lowest BCUT2D eigenvalue weighted by Gasteiger charge is -2.30. The van der Waals surface area contributed by atoms with E-state index in [2.05, 4.69) is 5.32 Å². The van der Waals surface area contributed by atoms with Gasteiger partial charge in [0, 0.05) is 24.0 Å². The normalized spacial score (nSPS) is 12.7. The van der Waals surface area contributed by atoms with Crippen LogP contribution in [-0.4, -0.2) is 35.4 Å². The fourth-order valence-electron chi connectivity index (χ4n) is 2.93. The van der Waals surface area contributed by atoms with Crippen LogP contribution in [0.1, 0.15) is 45.6 Å². The Kier molecular flexibility index (Phi) is 9.68. The van der Waals surface area contributed by atoms with Crippen molar-refractivity contribution in [3.05, 3.63) is 65.2 Å². The van der Waals surface area contributed by atoms with E-state index in [1.54, 1.807) is 17.9 Å². The highest BCUT2D eigenvalue weighted by Gasteiger charge is 2.27. The Bertz CT molecular complexity index is 813. The number of hydrogen-bond donors (Lipinski definition) is 1. The van der Waals surface area contributed by atoms with E-state index >= 15 is 0 Å². The van der Waals surface area contributed by atoms with Crippen molar-refractivity contribution < 1.29 is 14.3 Å². The number of nitrogens with zero attached hydrogens (tertiary/aromatic N) is 1. The highest BCUT2D eigenvalue weighted by atomic mass is 35.5. The Hall–Kier alpha value is -2.53. The number of carbonyl (C=O) groups excluding carboxylic acids is 2. The molecule has 0 aromatic heterocycles. The second-order valence-corrected chi connectivity index (χ2v) is 7.78. The minimum absolute atomic E-state index is 0.0523. The van der Waals surface area contributed by atoms with E-state index < -0.39 is 6.04 Å². The monoisotopic (exact) mass is 430 g/mol. The van der Waals surface area contributed by atoms with Crippen LogP contribution in [0.4, 0.5) is 0 Å². The van der Waals surface area contributed by atoms with Crippen LogP contribution in [0.15, 0.2) is 54.6 Å². The van der Waals surface area contributed by atoms with E-state index in [0.717, 1.165) is 17.7 Å². The van der Waals surface area contributed by atoms with Gasteiger partial charge in [-0.1, -0.05) is 54.9 Å². The SMILES string of the molecule is CC[C@@H](C)NC(=O)[C@H](C)N(Cc1ccccc1Cl)C(=O)CCCOc1ccccc1. The molecule has 2 aromatic carbocycles. The van der Waals surface area contributed by atoms with Gasteiger partial charge in [0.2, 0.25) is 11.8 Å². The topological polar surface area (TPSA) is 58.6 Å². The third kappa shape index (κ3) is 7.38. The second-order valence-electron chi connectivity index (χ2n) is 7.37. The molecular formula is C24H31ClN2O3. The molecule has 2 atom stereocenters. The van der Waals surface area contributed by atoms with Gasteiger partial charge in [0.15, 0.2) is 0 Å². The molecule has 0 heterocycles. The second kappa shape index (κ2) is 12.2. The summed E-state index contributed by atoms with van der Waals surface area (Å²) in [5.41, 5.74) is 0.816. The van der Waals surface area contributed by atoms with Crippen molar-refractivity contribution in [1.29, 1.82) is 0 Å². The van der Waals surface area contributed by atoms with Crippen molar-refractivity contribution in [1.82, 2.24) is 10.2 Å². The summed E-state index contributed by atoms with van der Waals surface area (Å²) >= 11 is 6.30. The molecular weight excluding hydrogens is 400 g/mol. The lowest BCUT2D eigenvalue weighted by Crippen LogP contribution is -2.49. The van der Waals surface area contributed by atoms with Crippen LogP contribution >= 0.6 is 11.6 Å². The number of ether oxygens (including phenoxy) is 1. The van der Waals surface area contributed by atoms with Crippen LogP contribution in [0, 0.1) is 0 Å². The first-order valence-corrected chi connectivity index (χ1v) is 10.8. The zero-order valence-corrected chi connectivity index (χ0v) is 18.7. The highest BCUT2D eigenvalue weighted by molar-refractivity contribution is 6.31. The van der Waals surface area contributed by atoms with Crippen molar-refractivity contribution in [2.45, 2.75) is 58.7 Å². The first kappa shape index (κ1) is 23.7. The molecule has 0 saturated heterocycles. The summed E-state index contributed by atoms with van der Waals surface area (Å²) < 4.78 is 5.68. The molecule has 0 spiro atoms. The van der Waals surface area contributed by atoms with Crippen LogP contribution < -0.4 is 10.1 Å². The minimum Gasteiger partial charge on any atom is -0.494 e. The molecule has 0 radical (unpaired) electrons. The Morgan fingerprint density at radius 1 is 1.07 bits per heavy atom. The van der Waals surface area contributed by atoms with Crippen LogP contribution in [-0.2, 0) is 16.1 Å². The molecule has 2 amide bonds. The molecule has 5 nitrogen and oxygen atoms in total. The molecule has 1 N–H and O–H groups in total. The summed E-state index contributed by atoms with van der Waals surface area (Å²) in [6, 6.07) is 16.3. The molecule has 30 heavy (non-hydrogen) atoms. The van der Waals surface area contributed by atoms with Gasteiger partial charge in [-0.3, -0.25) is 9.59 Å². The van der Waals surface area contributed by atoms with Crippen LogP contribution in [0.3, 0.4) is 0 Å².